The number of nitrogens with two attached hydrogens (primary N) is 1. The third-order valence-electron chi connectivity index (χ3n) is 4.08. The van der Waals surface area contributed by atoms with Crippen molar-refractivity contribution in [2.75, 3.05) is 19.8 Å². The summed E-state index contributed by atoms with van der Waals surface area (Å²) in [4.78, 5) is 0. The number of halogens is 1. The van der Waals surface area contributed by atoms with Crippen LogP contribution in [0.3, 0.4) is 0 Å². The summed E-state index contributed by atoms with van der Waals surface area (Å²) in [5, 5.41) is 0.785. The van der Waals surface area contributed by atoms with Gasteiger partial charge in [0.15, 0.2) is 0 Å². The molecule has 1 atom stereocenters. The predicted molar refractivity (Wildman–Crippen MR) is 75.9 cm³/mol. The highest BCUT2D eigenvalue weighted by Crippen LogP contribution is 2.36. The quantitative estimate of drug-likeness (QED) is 0.906. The Morgan fingerprint density at radius 2 is 2.11 bits per heavy atom. The van der Waals surface area contributed by atoms with Crippen molar-refractivity contribution in [3.8, 4) is 5.75 Å². The summed E-state index contributed by atoms with van der Waals surface area (Å²) in [6.07, 6.45) is 4.69. The summed E-state index contributed by atoms with van der Waals surface area (Å²) in [6.45, 7) is 2.33. The summed E-state index contributed by atoms with van der Waals surface area (Å²) in [7, 11) is 0. The average Bonchev–Trinajstić information content (AvgIpc) is 2.72. The summed E-state index contributed by atoms with van der Waals surface area (Å²) in [5.74, 6) is 1.01. The van der Waals surface area contributed by atoms with Crippen LogP contribution in [0.15, 0.2) is 12.1 Å². The largest absolute Gasteiger partial charge is 0.493 e. The number of fused-ring (bicyclic) bond motifs is 1. The maximum Gasteiger partial charge on any atom is 0.125 e. The summed E-state index contributed by atoms with van der Waals surface area (Å²) >= 11 is 6.20. The molecular weight excluding hydrogens is 262 g/mol. The molecule has 0 saturated carbocycles. The molecular formula is C15H20ClNO2. The van der Waals surface area contributed by atoms with Gasteiger partial charge in [-0.25, -0.2) is 0 Å². The predicted octanol–water partition coefficient (Wildman–Crippen LogP) is 2.72. The molecule has 1 aromatic carbocycles. The second-order valence-electron chi connectivity index (χ2n) is 5.66. The smallest absolute Gasteiger partial charge is 0.125 e. The van der Waals surface area contributed by atoms with E-state index in [1.165, 1.54) is 5.56 Å². The highest BCUT2D eigenvalue weighted by Gasteiger charge is 2.29. The van der Waals surface area contributed by atoms with Crippen LogP contribution in [-0.2, 0) is 17.6 Å². The van der Waals surface area contributed by atoms with Crippen LogP contribution in [0.5, 0.6) is 5.75 Å². The van der Waals surface area contributed by atoms with Crippen LogP contribution in [0.1, 0.15) is 30.4 Å². The van der Waals surface area contributed by atoms with E-state index in [4.69, 9.17) is 26.8 Å². The van der Waals surface area contributed by atoms with Crippen LogP contribution >= 0.6 is 11.6 Å². The lowest BCUT2D eigenvalue weighted by molar-refractivity contribution is 0.139. The normalized spacial score (nSPS) is 26.6. The lowest BCUT2D eigenvalue weighted by atomic mass is 9.84. The van der Waals surface area contributed by atoms with Crippen LogP contribution in [0.25, 0.3) is 0 Å². The van der Waals surface area contributed by atoms with Gasteiger partial charge in [-0.05, 0) is 48.9 Å². The van der Waals surface area contributed by atoms with E-state index >= 15 is 0 Å². The van der Waals surface area contributed by atoms with E-state index in [1.807, 2.05) is 12.1 Å². The molecule has 3 nitrogen and oxygen atoms in total. The molecule has 0 bridgehead atoms. The Balaban J connectivity index is 1.86. The monoisotopic (exact) mass is 281 g/mol. The van der Waals surface area contributed by atoms with Crippen molar-refractivity contribution in [2.24, 2.45) is 5.73 Å². The average molecular weight is 282 g/mol. The Bertz CT molecular complexity index is 467. The van der Waals surface area contributed by atoms with Crippen molar-refractivity contribution in [3.63, 3.8) is 0 Å². The minimum absolute atomic E-state index is 0.194. The zero-order chi connectivity index (χ0) is 13.3. The van der Waals surface area contributed by atoms with Crippen molar-refractivity contribution >= 4 is 11.6 Å². The van der Waals surface area contributed by atoms with Gasteiger partial charge in [-0.1, -0.05) is 11.6 Å². The fourth-order valence-electron chi connectivity index (χ4n) is 3.06. The van der Waals surface area contributed by atoms with E-state index in [0.717, 1.165) is 68.3 Å². The molecule has 4 heteroatoms. The summed E-state index contributed by atoms with van der Waals surface area (Å²) in [6, 6.07) is 4.01. The Kier molecular flexibility index (Phi) is 3.70. The molecule has 2 aliphatic rings. The van der Waals surface area contributed by atoms with Gasteiger partial charge >= 0.3 is 0 Å². The molecule has 1 aromatic rings. The number of rotatable bonds is 2. The van der Waals surface area contributed by atoms with Gasteiger partial charge in [-0.3, -0.25) is 0 Å². The van der Waals surface area contributed by atoms with Gasteiger partial charge in [0.05, 0.1) is 6.61 Å². The van der Waals surface area contributed by atoms with Crippen molar-refractivity contribution < 1.29 is 9.47 Å². The van der Waals surface area contributed by atoms with Crippen LogP contribution in [0.4, 0.5) is 0 Å². The second kappa shape index (κ2) is 5.31. The number of ether oxygens (including phenoxy) is 2. The second-order valence-corrected chi connectivity index (χ2v) is 6.09. The molecule has 0 amide bonds. The third kappa shape index (κ3) is 2.88. The minimum Gasteiger partial charge on any atom is -0.493 e. The van der Waals surface area contributed by atoms with Crippen LogP contribution in [0, 0.1) is 0 Å². The van der Waals surface area contributed by atoms with Crippen LogP contribution < -0.4 is 10.5 Å². The molecule has 1 fully saturated rings. The standard InChI is InChI=1S/C15H20ClNO2/c16-13-8-11-2-6-19-14(11)12(9-13)10-15(17)3-1-5-18-7-4-15/h8-9H,1-7,10,17H2. The zero-order valence-corrected chi connectivity index (χ0v) is 11.8. The van der Waals surface area contributed by atoms with E-state index in [1.54, 1.807) is 0 Å². The molecule has 19 heavy (non-hydrogen) atoms. The molecule has 1 unspecified atom stereocenters. The Labute approximate surface area is 119 Å². The zero-order valence-electron chi connectivity index (χ0n) is 11.1. The SMILES string of the molecule is NC1(Cc2cc(Cl)cc3c2OCC3)CCCOCC1. The van der Waals surface area contributed by atoms with E-state index in [0.29, 0.717) is 0 Å². The Morgan fingerprint density at radius 1 is 1.21 bits per heavy atom. The minimum atomic E-state index is -0.194. The first kappa shape index (κ1) is 13.2. The Hall–Kier alpha value is -0.770. The molecule has 1 saturated heterocycles. The van der Waals surface area contributed by atoms with Crippen molar-refractivity contribution in [3.05, 3.63) is 28.3 Å². The summed E-state index contributed by atoms with van der Waals surface area (Å²) < 4.78 is 11.3. The van der Waals surface area contributed by atoms with Gasteiger partial charge in [-0.2, -0.15) is 0 Å². The van der Waals surface area contributed by atoms with E-state index < -0.39 is 0 Å². The van der Waals surface area contributed by atoms with Crippen molar-refractivity contribution in [2.45, 2.75) is 37.6 Å². The maximum atomic E-state index is 6.56. The van der Waals surface area contributed by atoms with Crippen LogP contribution in [0.2, 0.25) is 5.02 Å². The third-order valence-corrected chi connectivity index (χ3v) is 4.29. The molecule has 104 valence electrons. The molecule has 2 N–H and O–H groups in total. The van der Waals surface area contributed by atoms with E-state index in [-0.39, 0.29) is 5.54 Å². The van der Waals surface area contributed by atoms with Gasteiger partial charge in [0.25, 0.3) is 0 Å². The molecule has 3 rings (SSSR count). The highest BCUT2D eigenvalue weighted by molar-refractivity contribution is 6.30. The molecule has 0 aliphatic carbocycles. The lowest BCUT2D eigenvalue weighted by Crippen LogP contribution is -2.42. The van der Waals surface area contributed by atoms with E-state index in [2.05, 4.69) is 0 Å². The fourth-order valence-corrected chi connectivity index (χ4v) is 3.33. The summed E-state index contributed by atoms with van der Waals surface area (Å²) in [5.41, 5.74) is 8.74. The van der Waals surface area contributed by atoms with Gasteiger partial charge in [0.2, 0.25) is 0 Å². The molecule has 0 spiro atoms. The fraction of sp³-hybridized carbons (Fsp3) is 0.600. The first-order chi connectivity index (χ1) is 9.16. The lowest BCUT2D eigenvalue weighted by Gasteiger charge is -2.28. The molecule has 0 aromatic heterocycles. The first-order valence-electron chi connectivity index (χ1n) is 6.97. The molecule has 0 radical (unpaired) electrons. The van der Waals surface area contributed by atoms with Gasteiger partial charge in [0, 0.05) is 30.2 Å². The number of hydrogen-bond donors (Lipinski definition) is 1. The topological polar surface area (TPSA) is 44.5 Å². The van der Waals surface area contributed by atoms with Crippen molar-refractivity contribution in [1.29, 1.82) is 0 Å². The van der Waals surface area contributed by atoms with Gasteiger partial charge in [0.1, 0.15) is 5.75 Å². The van der Waals surface area contributed by atoms with E-state index in [9.17, 15) is 0 Å². The van der Waals surface area contributed by atoms with Gasteiger partial charge < -0.3 is 15.2 Å². The molecule has 2 heterocycles. The first-order valence-corrected chi connectivity index (χ1v) is 7.35. The molecule has 2 aliphatic heterocycles. The van der Waals surface area contributed by atoms with Gasteiger partial charge in [-0.15, -0.1) is 0 Å². The highest BCUT2D eigenvalue weighted by atomic mass is 35.5. The number of benzene rings is 1. The van der Waals surface area contributed by atoms with Crippen LogP contribution in [-0.4, -0.2) is 25.4 Å². The maximum absolute atomic E-state index is 6.56. The number of hydrogen-bond acceptors (Lipinski definition) is 3. The van der Waals surface area contributed by atoms with Crippen molar-refractivity contribution in [1.82, 2.24) is 0 Å². The Morgan fingerprint density at radius 3 is 3.00 bits per heavy atom.